The lowest BCUT2D eigenvalue weighted by Crippen LogP contribution is -2.25. The number of carbonyl (C=O) groups excluding carboxylic acids is 1. The summed E-state index contributed by atoms with van der Waals surface area (Å²) in [5.41, 5.74) is 7.87. The average Bonchev–Trinajstić information content (AvgIpc) is 2.41. The standard InChI is InChI=1S/C16H26N2O/c1-14-8-10-15(11-9-14)13-18(2)16(19)7-5-3-4-6-12-17/h8-11H,3-7,12-13,17H2,1-2H3. The number of aryl methyl sites for hydroxylation is 1. The molecule has 1 rings (SSSR count). The van der Waals surface area contributed by atoms with Gasteiger partial charge in [-0.05, 0) is 31.9 Å². The van der Waals surface area contributed by atoms with Crippen molar-refractivity contribution in [3.05, 3.63) is 35.4 Å². The van der Waals surface area contributed by atoms with E-state index >= 15 is 0 Å². The number of hydrogen-bond acceptors (Lipinski definition) is 2. The maximum atomic E-state index is 11.9. The second kappa shape index (κ2) is 8.70. The molecule has 0 saturated carbocycles. The van der Waals surface area contributed by atoms with Crippen molar-refractivity contribution in [3.8, 4) is 0 Å². The van der Waals surface area contributed by atoms with Crippen LogP contribution in [0.2, 0.25) is 0 Å². The number of rotatable bonds is 8. The lowest BCUT2D eigenvalue weighted by atomic mass is 10.1. The van der Waals surface area contributed by atoms with Crippen LogP contribution in [0.15, 0.2) is 24.3 Å². The quantitative estimate of drug-likeness (QED) is 0.732. The van der Waals surface area contributed by atoms with E-state index in [1.807, 2.05) is 11.9 Å². The van der Waals surface area contributed by atoms with Crippen LogP contribution in [0.5, 0.6) is 0 Å². The molecule has 0 spiro atoms. The first-order chi connectivity index (χ1) is 9.13. The Morgan fingerprint density at radius 2 is 1.74 bits per heavy atom. The second-order valence-electron chi connectivity index (χ2n) is 5.19. The molecule has 0 fully saturated rings. The van der Waals surface area contributed by atoms with E-state index < -0.39 is 0 Å². The van der Waals surface area contributed by atoms with Crippen molar-refractivity contribution in [1.82, 2.24) is 4.90 Å². The van der Waals surface area contributed by atoms with Gasteiger partial charge in [0.05, 0.1) is 0 Å². The molecule has 0 radical (unpaired) electrons. The first-order valence-corrected chi connectivity index (χ1v) is 7.13. The predicted molar refractivity (Wildman–Crippen MR) is 79.8 cm³/mol. The van der Waals surface area contributed by atoms with Crippen LogP contribution >= 0.6 is 0 Å². The highest BCUT2D eigenvalue weighted by atomic mass is 16.2. The van der Waals surface area contributed by atoms with Crippen LogP contribution in [0.4, 0.5) is 0 Å². The third kappa shape index (κ3) is 6.39. The van der Waals surface area contributed by atoms with Crippen LogP contribution < -0.4 is 5.73 Å². The van der Waals surface area contributed by atoms with Crippen LogP contribution in [0.1, 0.15) is 43.2 Å². The Balaban J connectivity index is 2.26. The molecule has 0 aromatic heterocycles. The van der Waals surface area contributed by atoms with E-state index in [0.29, 0.717) is 13.0 Å². The highest BCUT2D eigenvalue weighted by Crippen LogP contribution is 2.09. The van der Waals surface area contributed by atoms with Gasteiger partial charge >= 0.3 is 0 Å². The van der Waals surface area contributed by atoms with E-state index in [9.17, 15) is 4.79 Å². The van der Waals surface area contributed by atoms with Crippen molar-refractivity contribution in [1.29, 1.82) is 0 Å². The van der Waals surface area contributed by atoms with Crippen molar-refractivity contribution < 1.29 is 4.79 Å². The molecule has 0 aliphatic carbocycles. The summed E-state index contributed by atoms with van der Waals surface area (Å²) in [6.45, 7) is 3.52. The lowest BCUT2D eigenvalue weighted by molar-refractivity contribution is -0.130. The van der Waals surface area contributed by atoms with Crippen molar-refractivity contribution in [3.63, 3.8) is 0 Å². The SMILES string of the molecule is Cc1ccc(CN(C)C(=O)CCCCCCN)cc1. The molecule has 1 amide bonds. The minimum atomic E-state index is 0.230. The Bertz CT molecular complexity index is 373. The van der Waals surface area contributed by atoms with E-state index in [-0.39, 0.29) is 5.91 Å². The van der Waals surface area contributed by atoms with Gasteiger partial charge < -0.3 is 10.6 Å². The summed E-state index contributed by atoms with van der Waals surface area (Å²) in [6, 6.07) is 8.33. The van der Waals surface area contributed by atoms with E-state index in [1.54, 1.807) is 0 Å². The van der Waals surface area contributed by atoms with Gasteiger partial charge in [-0.3, -0.25) is 4.79 Å². The molecule has 19 heavy (non-hydrogen) atoms. The molecule has 0 aliphatic rings. The molecule has 0 heterocycles. The molecule has 0 unspecified atom stereocenters. The zero-order valence-corrected chi connectivity index (χ0v) is 12.2. The smallest absolute Gasteiger partial charge is 0.222 e. The Kier molecular flexibility index (Phi) is 7.19. The Hall–Kier alpha value is -1.35. The van der Waals surface area contributed by atoms with Crippen LogP contribution in [0, 0.1) is 6.92 Å². The summed E-state index contributed by atoms with van der Waals surface area (Å²) >= 11 is 0. The maximum Gasteiger partial charge on any atom is 0.222 e. The van der Waals surface area contributed by atoms with Crippen molar-refractivity contribution >= 4 is 5.91 Å². The molecular formula is C16H26N2O. The Morgan fingerprint density at radius 3 is 2.37 bits per heavy atom. The molecule has 0 aliphatic heterocycles. The molecule has 3 heteroatoms. The largest absolute Gasteiger partial charge is 0.341 e. The monoisotopic (exact) mass is 262 g/mol. The summed E-state index contributed by atoms with van der Waals surface area (Å²) < 4.78 is 0. The highest BCUT2D eigenvalue weighted by molar-refractivity contribution is 5.75. The highest BCUT2D eigenvalue weighted by Gasteiger charge is 2.08. The van der Waals surface area contributed by atoms with Crippen molar-refractivity contribution in [2.75, 3.05) is 13.6 Å². The van der Waals surface area contributed by atoms with E-state index in [4.69, 9.17) is 5.73 Å². The number of carbonyl (C=O) groups is 1. The molecule has 106 valence electrons. The zero-order valence-electron chi connectivity index (χ0n) is 12.2. The number of amides is 1. The normalized spacial score (nSPS) is 10.5. The molecule has 1 aromatic carbocycles. The zero-order chi connectivity index (χ0) is 14.1. The van der Waals surface area contributed by atoms with Gasteiger partial charge in [0.15, 0.2) is 0 Å². The number of unbranched alkanes of at least 4 members (excludes halogenated alkanes) is 3. The molecule has 0 saturated heterocycles. The summed E-state index contributed by atoms with van der Waals surface area (Å²) in [4.78, 5) is 13.8. The molecule has 1 aromatic rings. The van der Waals surface area contributed by atoms with Gasteiger partial charge in [0.2, 0.25) is 5.91 Å². The third-order valence-electron chi connectivity index (χ3n) is 3.31. The minimum Gasteiger partial charge on any atom is -0.341 e. The lowest BCUT2D eigenvalue weighted by Gasteiger charge is -2.17. The summed E-state index contributed by atoms with van der Waals surface area (Å²) in [5, 5.41) is 0. The summed E-state index contributed by atoms with van der Waals surface area (Å²) in [7, 11) is 1.88. The predicted octanol–water partition coefficient (Wildman–Crippen LogP) is 2.86. The fourth-order valence-electron chi connectivity index (χ4n) is 2.02. The first-order valence-electron chi connectivity index (χ1n) is 7.13. The fourth-order valence-corrected chi connectivity index (χ4v) is 2.02. The third-order valence-corrected chi connectivity index (χ3v) is 3.31. The van der Waals surface area contributed by atoms with E-state index in [0.717, 1.165) is 32.2 Å². The fraction of sp³-hybridized carbons (Fsp3) is 0.562. The number of benzene rings is 1. The average molecular weight is 262 g/mol. The van der Waals surface area contributed by atoms with Crippen LogP contribution in [-0.2, 0) is 11.3 Å². The van der Waals surface area contributed by atoms with Gasteiger partial charge in [0.1, 0.15) is 0 Å². The molecule has 0 bridgehead atoms. The van der Waals surface area contributed by atoms with Crippen LogP contribution in [-0.4, -0.2) is 24.4 Å². The Morgan fingerprint density at radius 1 is 1.11 bits per heavy atom. The second-order valence-corrected chi connectivity index (χ2v) is 5.19. The summed E-state index contributed by atoms with van der Waals surface area (Å²) in [5.74, 6) is 0.230. The molecule has 3 nitrogen and oxygen atoms in total. The summed E-state index contributed by atoms with van der Waals surface area (Å²) in [6.07, 6.45) is 4.91. The van der Waals surface area contributed by atoms with Gasteiger partial charge in [-0.2, -0.15) is 0 Å². The van der Waals surface area contributed by atoms with Gasteiger partial charge in [-0.1, -0.05) is 42.7 Å². The van der Waals surface area contributed by atoms with Gasteiger partial charge in [0, 0.05) is 20.0 Å². The molecular weight excluding hydrogens is 236 g/mol. The first kappa shape index (κ1) is 15.7. The van der Waals surface area contributed by atoms with E-state index in [2.05, 4.69) is 31.2 Å². The maximum absolute atomic E-state index is 11.9. The van der Waals surface area contributed by atoms with Crippen LogP contribution in [0.3, 0.4) is 0 Å². The van der Waals surface area contributed by atoms with E-state index in [1.165, 1.54) is 11.1 Å². The van der Waals surface area contributed by atoms with Gasteiger partial charge in [0.25, 0.3) is 0 Å². The minimum absolute atomic E-state index is 0.230. The number of nitrogens with two attached hydrogens (primary N) is 1. The topological polar surface area (TPSA) is 46.3 Å². The van der Waals surface area contributed by atoms with Crippen molar-refractivity contribution in [2.45, 2.75) is 45.6 Å². The number of hydrogen-bond donors (Lipinski definition) is 1. The van der Waals surface area contributed by atoms with Crippen LogP contribution in [0.25, 0.3) is 0 Å². The molecule has 2 N–H and O–H groups in total. The van der Waals surface area contributed by atoms with Gasteiger partial charge in [-0.15, -0.1) is 0 Å². The van der Waals surface area contributed by atoms with Crippen molar-refractivity contribution in [2.24, 2.45) is 5.73 Å². The molecule has 0 atom stereocenters. The Labute approximate surface area is 116 Å². The van der Waals surface area contributed by atoms with Gasteiger partial charge in [-0.25, -0.2) is 0 Å². The number of nitrogens with zero attached hydrogens (tertiary/aromatic N) is 1.